The van der Waals surface area contributed by atoms with Crippen molar-refractivity contribution >= 4 is 23.8 Å². The Morgan fingerprint density at radius 1 is 0.833 bits per heavy atom. The number of anilines is 1. The van der Waals surface area contributed by atoms with Gasteiger partial charge >= 0.3 is 0 Å². The highest BCUT2D eigenvalue weighted by molar-refractivity contribution is 7.71. The number of carbonyl (C=O) groups excluding carboxylic acids is 1. The Balaban J connectivity index is 1.92. The van der Waals surface area contributed by atoms with Gasteiger partial charge in [0.2, 0.25) is 11.6 Å². The quantitative estimate of drug-likeness (QED) is 0.360. The van der Waals surface area contributed by atoms with E-state index in [1.165, 1.54) is 42.6 Å². The van der Waals surface area contributed by atoms with Crippen molar-refractivity contribution in [2.75, 3.05) is 26.6 Å². The Bertz CT molecular complexity index is 1510. The van der Waals surface area contributed by atoms with Gasteiger partial charge in [-0.15, -0.1) is 0 Å². The molecular formula is C26H23N3O6S. The molecule has 1 heterocycles. The van der Waals surface area contributed by atoms with Crippen molar-refractivity contribution in [1.29, 1.82) is 0 Å². The molecule has 0 saturated carbocycles. The number of aromatic nitrogens is 2. The lowest BCUT2D eigenvalue weighted by Crippen LogP contribution is -2.32. The fraction of sp³-hybridized carbons (Fsp3) is 0.115. The third-order valence-corrected chi connectivity index (χ3v) is 5.78. The molecule has 4 rings (SSSR count). The molecule has 0 fully saturated rings. The van der Waals surface area contributed by atoms with E-state index < -0.39 is 22.9 Å². The summed E-state index contributed by atoms with van der Waals surface area (Å²) < 4.78 is 18.5. The average Bonchev–Trinajstić information content (AvgIpc) is 2.89. The minimum atomic E-state index is -0.851. The monoisotopic (exact) mass is 505 g/mol. The third-order valence-electron chi connectivity index (χ3n) is 5.41. The number of benzene rings is 3. The van der Waals surface area contributed by atoms with Crippen molar-refractivity contribution in [3.63, 3.8) is 0 Å². The van der Waals surface area contributed by atoms with Crippen LogP contribution in [0.5, 0.6) is 23.1 Å². The normalized spacial score (nSPS) is 10.5. The minimum absolute atomic E-state index is 0.000707. The maximum absolute atomic E-state index is 13.6. The Morgan fingerprint density at radius 3 is 1.81 bits per heavy atom. The van der Waals surface area contributed by atoms with Gasteiger partial charge in [-0.2, -0.15) is 0 Å². The number of methoxy groups -OCH3 is 3. The maximum Gasteiger partial charge on any atom is 0.275 e. The SMILES string of the molecule is COc1cc(NC(=O)c2c(O)n(-c3ccccc3)c(=S)n(-c3ccccc3)c2=O)cc(OC)c1OC. The Kier molecular flexibility index (Phi) is 7.07. The van der Waals surface area contributed by atoms with Gasteiger partial charge in [0.25, 0.3) is 11.5 Å². The zero-order valence-corrected chi connectivity index (χ0v) is 20.5. The van der Waals surface area contributed by atoms with Crippen molar-refractivity contribution < 1.29 is 24.1 Å². The first-order valence-electron chi connectivity index (χ1n) is 10.7. The molecule has 0 spiro atoms. The van der Waals surface area contributed by atoms with Crippen molar-refractivity contribution in [3.05, 3.63) is 93.5 Å². The number of amides is 1. The van der Waals surface area contributed by atoms with Gasteiger partial charge in [0.1, 0.15) is 0 Å². The van der Waals surface area contributed by atoms with E-state index in [1.807, 2.05) is 0 Å². The Morgan fingerprint density at radius 2 is 1.33 bits per heavy atom. The predicted octanol–water partition coefficient (Wildman–Crippen LogP) is 4.34. The number of carbonyl (C=O) groups is 1. The largest absolute Gasteiger partial charge is 0.493 e. The minimum Gasteiger partial charge on any atom is -0.493 e. The fourth-order valence-corrected chi connectivity index (χ4v) is 4.14. The molecule has 4 aromatic rings. The first-order chi connectivity index (χ1) is 17.4. The van der Waals surface area contributed by atoms with Crippen LogP contribution in [0.2, 0.25) is 0 Å². The molecule has 2 N–H and O–H groups in total. The highest BCUT2D eigenvalue weighted by atomic mass is 32.1. The first-order valence-corrected chi connectivity index (χ1v) is 11.1. The van der Waals surface area contributed by atoms with Crippen LogP contribution in [0.15, 0.2) is 77.6 Å². The van der Waals surface area contributed by atoms with Crippen LogP contribution in [0.1, 0.15) is 10.4 Å². The van der Waals surface area contributed by atoms with Crippen LogP contribution in [-0.2, 0) is 0 Å². The third kappa shape index (κ3) is 4.41. The smallest absolute Gasteiger partial charge is 0.275 e. The van der Waals surface area contributed by atoms with E-state index in [2.05, 4.69) is 5.32 Å². The lowest BCUT2D eigenvalue weighted by molar-refractivity contribution is 0.102. The topological polar surface area (TPSA) is 104 Å². The summed E-state index contributed by atoms with van der Waals surface area (Å²) in [5.74, 6) is -0.495. The van der Waals surface area contributed by atoms with Crippen molar-refractivity contribution in [3.8, 4) is 34.5 Å². The summed E-state index contributed by atoms with van der Waals surface area (Å²) in [5, 5.41) is 13.8. The number of rotatable bonds is 7. The van der Waals surface area contributed by atoms with E-state index in [0.717, 1.165) is 0 Å². The van der Waals surface area contributed by atoms with Crippen LogP contribution >= 0.6 is 12.2 Å². The number of hydrogen-bond acceptors (Lipinski definition) is 7. The van der Waals surface area contributed by atoms with Crippen molar-refractivity contribution in [2.45, 2.75) is 0 Å². The second kappa shape index (κ2) is 10.4. The molecule has 0 unspecified atom stereocenters. The summed E-state index contributed by atoms with van der Waals surface area (Å²) in [6.07, 6.45) is 0. The molecule has 10 heteroatoms. The Labute approximate surface area is 211 Å². The number of hydrogen-bond donors (Lipinski definition) is 2. The van der Waals surface area contributed by atoms with E-state index in [9.17, 15) is 14.7 Å². The first kappa shape index (κ1) is 24.6. The molecule has 184 valence electrons. The van der Waals surface area contributed by atoms with Crippen LogP contribution in [0.25, 0.3) is 11.4 Å². The molecule has 1 amide bonds. The summed E-state index contributed by atoms with van der Waals surface area (Å²) in [7, 11) is 4.35. The number of para-hydroxylation sites is 2. The summed E-state index contributed by atoms with van der Waals surface area (Å²) in [6, 6.07) is 20.4. The van der Waals surface area contributed by atoms with Gasteiger partial charge in [-0.1, -0.05) is 36.4 Å². The van der Waals surface area contributed by atoms with Crippen LogP contribution < -0.4 is 25.1 Å². The number of nitrogens with zero attached hydrogens (tertiary/aromatic N) is 2. The highest BCUT2D eigenvalue weighted by Gasteiger charge is 2.25. The van der Waals surface area contributed by atoms with Crippen LogP contribution in [0.3, 0.4) is 0 Å². The lowest BCUT2D eigenvalue weighted by atomic mass is 10.2. The summed E-state index contributed by atoms with van der Waals surface area (Å²) >= 11 is 5.59. The Hall–Kier alpha value is -4.57. The molecule has 0 aliphatic heterocycles. The van der Waals surface area contributed by atoms with E-state index >= 15 is 0 Å². The number of nitrogens with one attached hydrogen (secondary N) is 1. The van der Waals surface area contributed by atoms with Gasteiger partial charge in [-0.3, -0.25) is 18.7 Å². The van der Waals surface area contributed by atoms with E-state index in [4.69, 9.17) is 26.4 Å². The van der Waals surface area contributed by atoms with Crippen LogP contribution in [0.4, 0.5) is 5.69 Å². The van der Waals surface area contributed by atoms with Gasteiger partial charge in [-0.05, 0) is 36.5 Å². The molecule has 3 aromatic carbocycles. The van der Waals surface area contributed by atoms with Gasteiger partial charge in [0.15, 0.2) is 21.8 Å². The number of aromatic hydroxyl groups is 1. The summed E-state index contributed by atoms with van der Waals surface area (Å²) in [4.78, 5) is 27.0. The molecule has 0 atom stereocenters. The van der Waals surface area contributed by atoms with Gasteiger partial charge in [0.05, 0.1) is 32.7 Å². The van der Waals surface area contributed by atoms with Gasteiger partial charge < -0.3 is 24.6 Å². The molecular weight excluding hydrogens is 482 g/mol. The van der Waals surface area contributed by atoms with E-state index in [1.54, 1.807) is 60.7 Å². The van der Waals surface area contributed by atoms with Gasteiger partial charge in [-0.25, -0.2) is 0 Å². The average molecular weight is 506 g/mol. The molecule has 1 aromatic heterocycles. The number of ether oxygens (including phenoxy) is 3. The zero-order valence-electron chi connectivity index (χ0n) is 19.7. The van der Waals surface area contributed by atoms with Crippen LogP contribution in [0, 0.1) is 4.77 Å². The molecule has 0 bridgehead atoms. The van der Waals surface area contributed by atoms with Crippen LogP contribution in [-0.4, -0.2) is 41.5 Å². The second-order valence-corrected chi connectivity index (χ2v) is 7.86. The zero-order chi connectivity index (χ0) is 25.8. The molecule has 0 aliphatic carbocycles. The summed E-state index contributed by atoms with van der Waals surface area (Å²) in [6.45, 7) is 0. The fourth-order valence-electron chi connectivity index (χ4n) is 3.76. The molecule has 9 nitrogen and oxygen atoms in total. The van der Waals surface area contributed by atoms with Gasteiger partial charge in [0, 0.05) is 17.8 Å². The standard InChI is InChI=1S/C26H23N3O6S/c1-33-19-14-16(15-20(34-2)22(19)35-3)27-23(30)21-24(31)28(17-10-6-4-7-11-17)26(36)29(25(21)32)18-12-8-5-9-13-18/h4-15,31H,1-3H3,(H,27,30). The van der Waals surface area contributed by atoms with Crippen molar-refractivity contribution in [1.82, 2.24) is 9.13 Å². The molecule has 36 heavy (non-hydrogen) atoms. The van der Waals surface area contributed by atoms with E-state index in [-0.39, 0.29) is 10.5 Å². The van der Waals surface area contributed by atoms with E-state index in [0.29, 0.717) is 28.6 Å². The predicted molar refractivity (Wildman–Crippen MR) is 138 cm³/mol. The summed E-state index contributed by atoms with van der Waals surface area (Å²) in [5.41, 5.74) is -0.0929. The van der Waals surface area contributed by atoms with Crippen molar-refractivity contribution in [2.24, 2.45) is 0 Å². The highest BCUT2D eigenvalue weighted by Crippen LogP contribution is 2.40. The molecule has 0 saturated heterocycles. The molecule has 0 aliphatic rings. The lowest BCUT2D eigenvalue weighted by Gasteiger charge is -2.18. The molecule has 0 radical (unpaired) electrons. The second-order valence-electron chi connectivity index (χ2n) is 7.50. The maximum atomic E-state index is 13.6.